The molecule has 2 unspecified atom stereocenters. The Morgan fingerprint density at radius 1 is 1.24 bits per heavy atom. The van der Waals surface area contributed by atoms with Crippen molar-refractivity contribution in [3.63, 3.8) is 0 Å². The lowest BCUT2D eigenvalue weighted by Gasteiger charge is -2.17. The van der Waals surface area contributed by atoms with Crippen LogP contribution in [0.2, 0.25) is 0 Å². The van der Waals surface area contributed by atoms with Gasteiger partial charge in [-0.05, 0) is 41.9 Å². The summed E-state index contributed by atoms with van der Waals surface area (Å²) in [6, 6.07) is 6.34. The molecule has 0 saturated heterocycles. The molecule has 21 heavy (non-hydrogen) atoms. The van der Waals surface area contributed by atoms with Gasteiger partial charge in [-0.1, -0.05) is 12.1 Å². The molecule has 2 atom stereocenters. The lowest BCUT2D eigenvalue weighted by atomic mass is 10.0. The number of amides is 2. The molecule has 0 aromatic heterocycles. The fourth-order valence-electron chi connectivity index (χ4n) is 1.54. The second-order valence-corrected chi connectivity index (χ2v) is 5.50. The van der Waals surface area contributed by atoms with E-state index in [1.54, 1.807) is 31.2 Å². The molecule has 2 amide bonds. The number of halogens is 1. The molecular weight excluding hydrogens is 340 g/mol. The molecule has 0 aliphatic heterocycles. The zero-order chi connectivity index (χ0) is 16.0. The summed E-state index contributed by atoms with van der Waals surface area (Å²) in [5.74, 6) is -2.50. The van der Waals surface area contributed by atoms with Crippen molar-refractivity contribution >= 4 is 33.7 Å². The first-order chi connectivity index (χ1) is 9.82. The van der Waals surface area contributed by atoms with Crippen molar-refractivity contribution in [3.8, 4) is 0 Å². The average Bonchev–Trinajstić information content (AvgIpc) is 2.44. The van der Waals surface area contributed by atoms with Crippen molar-refractivity contribution in [2.45, 2.75) is 19.9 Å². The van der Waals surface area contributed by atoms with Gasteiger partial charge in [-0.15, -0.1) is 0 Å². The van der Waals surface area contributed by atoms with Gasteiger partial charge < -0.3 is 15.7 Å². The normalized spacial score (nSPS) is 13.1. The fraction of sp³-hybridized carbons (Fsp3) is 0.357. The number of rotatable bonds is 6. The Morgan fingerprint density at radius 2 is 1.86 bits per heavy atom. The second kappa shape index (κ2) is 7.78. The highest BCUT2D eigenvalue weighted by Crippen LogP contribution is 2.15. The molecule has 1 rings (SSSR count). The first-order valence-electron chi connectivity index (χ1n) is 6.37. The number of carboxylic acids is 1. The zero-order valence-electron chi connectivity index (χ0n) is 11.7. The molecule has 0 bridgehead atoms. The highest BCUT2D eigenvalue weighted by atomic mass is 79.9. The number of aliphatic carboxylic acids is 1. The van der Waals surface area contributed by atoms with Gasteiger partial charge in [0.2, 0.25) is 5.91 Å². The summed E-state index contributed by atoms with van der Waals surface area (Å²) >= 11 is 3.25. The molecule has 3 N–H and O–H groups in total. The third-order valence-corrected chi connectivity index (χ3v) is 3.75. The van der Waals surface area contributed by atoms with Crippen molar-refractivity contribution < 1.29 is 19.5 Å². The fourth-order valence-corrected chi connectivity index (χ4v) is 2.01. The van der Waals surface area contributed by atoms with Crippen LogP contribution in [0.5, 0.6) is 0 Å². The van der Waals surface area contributed by atoms with Crippen LogP contribution >= 0.6 is 15.9 Å². The number of benzene rings is 1. The summed E-state index contributed by atoms with van der Waals surface area (Å²) in [5.41, 5.74) is 0.428. The Balaban J connectivity index is 2.48. The summed E-state index contributed by atoms with van der Waals surface area (Å²) in [6.45, 7) is 2.90. The van der Waals surface area contributed by atoms with E-state index in [4.69, 9.17) is 5.11 Å². The van der Waals surface area contributed by atoms with Gasteiger partial charge in [-0.2, -0.15) is 0 Å². The van der Waals surface area contributed by atoms with E-state index >= 15 is 0 Å². The van der Waals surface area contributed by atoms with Crippen LogP contribution in [-0.4, -0.2) is 35.5 Å². The van der Waals surface area contributed by atoms with Gasteiger partial charge >= 0.3 is 5.97 Å². The summed E-state index contributed by atoms with van der Waals surface area (Å²) in [6.07, 6.45) is 0. The van der Waals surface area contributed by atoms with Crippen LogP contribution in [0.3, 0.4) is 0 Å². The molecule has 0 radical (unpaired) electrons. The van der Waals surface area contributed by atoms with Crippen LogP contribution in [0.25, 0.3) is 0 Å². The van der Waals surface area contributed by atoms with E-state index in [0.29, 0.717) is 10.0 Å². The van der Waals surface area contributed by atoms with E-state index in [1.807, 2.05) is 0 Å². The summed E-state index contributed by atoms with van der Waals surface area (Å²) < 4.78 is 0.635. The molecule has 1 aromatic rings. The van der Waals surface area contributed by atoms with Gasteiger partial charge in [0.05, 0.1) is 18.0 Å². The predicted molar refractivity (Wildman–Crippen MR) is 80.9 cm³/mol. The first kappa shape index (κ1) is 17.2. The van der Waals surface area contributed by atoms with E-state index in [0.717, 1.165) is 0 Å². The molecule has 0 heterocycles. The van der Waals surface area contributed by atoms with E-state index in [1.165, 1.54) is 6.92 Å². The number of carbonyl (C=O) groups excluding carboxylic acids is 2. The minimum Gasteiger partial charge on any atom is -0.481 e. The van der Waals surface area contributed by atoms with Crippen molar-refractivity contribution in [1.29, 1.82) is 0 Å². The second-order valence-electron chi connectivity index (χ2n) is 4.65. The number of carboxylic acid groups (broad SMARTS) is 1. The van der Waals surface area contributed by atoms with Gasteiger partial charge in [0.25, 0.3) is 5.91 Å². The van der Waals surface area contributed by atoms with Crippen molar-refractivity contribution in [2.75, 3.05) is 6.54 Å². The van der Waals surface area contributed by atoms with Crippen LogP contribution in [0.1, 0.15) is 24.2 Å². The third kappa shape index (κ3) is 5.18. The Hall–Kier alpha value is -1.89. The van der Waals surface area contributed by atoms with Gasteiger partial charge in [0, 0.05) is 10.5 Å². The van der Waals surface area contributed by atoms with Crippen molar-refractivity contribution in [1.82, 2.24) is 10.6 Å². The largest absolute Gasteiger partial charge is 0.481 e. The molecule has 0 aliphatic carbocycles. The minimum absolute atomic E-state index is 0.211. The maximum absolute atomic E-state index is 11.9. The smallest absolute Gasteiger partial charge is 0.308 e. The summed E-state index contributed by atoms with van der Waals surface area (Å²) in [4.78, 5) is 34.3. The highest BCUT2D eigenvalue weighted by Gasteiger charge is 2.21. The molecule has 0 saturated carbocycles. The SMILES string of the molecule is CC(NC(=O)CNC(=O)c1ccccc1Br)C(C)C(=O)O. The van der Waals surface area contributed by atoms with E-state index in [-0.39, 0.29) is 12.5 Å². The monoisotopic (exact) mass is 356 g/mol. The molecule has 7 heteroatoms. The number of hydrogen-bond acceptors (Lipinski definition) is 3. The van der Waals surface area contributed by atoms with E-state index < -0.39 is 23.8 Å². The average molecular weight is 357 g/mol. The van der Waals surface area contributed by atoms with Crippen LogP contribution < -0.4 is 10.6 Å². The molecule has 114 valence electrons. The maximum Gasteiger partial charge on any atom is 0.308 e. The lowest BCUT2D eigenvalue weighted by molar-refractivity contribution is -0.142. The van der Waals surface area contributed by atoms with Crippen molar-refractivity contribution in [2.24, 2.45) is 5.92 Å². The molecule has 0 fully saturated rings. The summed E-state index contributed by atoms with van der Waals surface area (Å²) in [7, 11) is 0. The van der Waals surface area contributed by atoms with E-state index in [9.17, 15) is 14.4 Å². The lowest BCUT2D eigenvalue weighted by Crippen LogP contribution is -2.44. The number of nitrogens with one attached hydrogen (secondary N) is 2. The third-order valence-electron chi connectivity index (χ3n) is 3.06. The minimum atomic E-state index is -0.986. The Labute approximate surface area is 131 Å². The van der Waals surface area contributed by atoms with Crippen molar-refractivity contribution in [3.05, 3.63) is 34.3 Å². The predicted octanol–water partition coefficient (Wildman–Crippen LogP) is 1.40. The number of hydrogen-bond donors (Lipinski definition) is 3. The topological polar surface area (TPSA) is 95.5 Å². The molecule has 0 spiro atoms. The zero-order valence-corrected chi connectivity index (χ0v) is 13.3. The van der Waals surface area contributed by atoms with Crippen LogP contribution in [0, 0.1) is 5.92 Å². The standard InChI is InChI=1S/C14H17BrN2O4/c1-8(14(20)21)9(2)17-12(18)7-16-13(19)10-5-3-4-6-11(10)15/h3-6,8-9H,7H2,1-2H3,(H,16,19)(H,17,18)(H,20,21). The van der Waals surface area contributed by atoms with Gasteiger partial charge in [-0.3, -0.25) is 14.4 Å². The molecule has 1 aromatic carbocycles. The molecule has 6 nitrogen and oxygen atoms in total. The Kier molecular flexibility index (Phi) is 6.36. The molecular formula is C14H17BrN2O4. The first-order valence-corrected chi connectivity index (χ1v) is 7.17. The van der Waals surface area contributed by atoms with Crippen LogP contribution in [0.4, 0.5) is 0 Å². The Bertz CT molecular complexity index is 548. The number of carbonyl (C=O) groups is 3. The Morgan fingerprint density at radius 3 is 2.43 bits per heavy atom. The quantitative estimate of drug-likeness (QED) is 0.717. The highest BCUT2D eigenvalue weighted by molar-refractivity contribution is 9.10. The maximum atomic E-state index is 11.9. The summed E-state index contributed by atoms with van der Waals surface area (Å²) in [5, 5.41) is 13.9. The van der Waals surface area contributed by atoms with E-state index in [2.05, 4.69) is 26.6 Å². The van der Waals surface area contributed by atoms with Crippen LogP contribution in [0.15, 0.2) is 28.7 Å². The van der Waals surface area contributed by atoms with Gasteiger partial charge in [-0.25, -0.2) is 0 Å². The van der Waals surface area contributed by atoms with Gasteiger partial charge in [0.15, 0.2) is 0 Å². The van der Waals surface area contributed by atoms with Gasteiger partial charge in [0.1, 0.15) is 0 Å². The van der Waals surface area contributed by atoms with Crippen LogP contribution in [-0.2, 0) is 9.59 Å². The molecule has 0 aliphatic rings.